The third-order valence-corrected chi connectivity index (χ3v) is 3.25. The van der Waals surface area contributed by atoms with E-state index >= 15 is 0 Å². The normalized spacial score (nSPS) is 9.65. The van der Waals surface area contributed by atoms with Crippen molar-refractivity contribution in [2.24, 2.45) is 0 Å². The second kappa shape index (κ2) is 12.1. The molecule has 0 saturated carbocycles. The van der Waals surface area contributed by atoms with Crippen LogP contribution in [-0.2, 0) is 25.0 Å². The smallest absolute Gasteiger partial charge is 0.495 e. The molecule has 1 aromatic carbocycles. The molecule has 0 fully saturated rings. The number of ether oxygens (including phenoxy) is 2. The summed E-state index contributed by atoms with van der Waals surface area (Å²) < 4.78 is 29.5. The van der Waals surface area contributed by atoms with Gasteiger partial charge in [0.25, 0.3) is 0 Å². The molecular formula is C13H21ClO5P+. The highest BCUT2D eigenvalue weighted by molar-refractivity contribution is 7.33. The Kier molecular flexibility index (Phi) is 11.6. The molecule has 0 heterocycles. The lowest BCUT2D eigenvalue weighted by Crippen LogP contribution is -1.90. The van der Waals surface area contributed by atoms with Crippen LogP contribution in [-0.4, -0.2) is 27.4 Å². The van der Waals surface area contributed by atoms with E-state index in [0.717, 1.165) is 5.56 Å². The third-order valence-electron chi connectivity index (χ3n) is 2.00. The zero-order valence-corrected chi connectivity index (χ0v) is 13.9. The summed E-state index contributed by atoms with van der Waals surface area (Å²) in [6.45, 7) is 5.00. The van der Waals surface area contributed by atoms with Crippen LogP contribution in [0.5, 0.6) is 5.75 Å². The summed E-state index contributed by atoms with van der Waals surface area (Å²) in [5.74, 6) is 0.686. The van der Waals surface area contributed by atoms with Crippen LogP contribution in [0.25, 0.3) is 0 Å². The van der Waals surface area contributed by atoms with Crippen LogP contribution < -0.4 is 4.74 Å². The average molecular weight is 324 g/mol. The van der Waals surface area contributed by atoms with Crippen molar-refractivity contribution in [3.8, 4) is 5.75 Å². The second-order valence-corrected chi connectivity index (χ2v) is 4.83. The maximum atomic E-state index is 10.3. The predicted octanol–water partition coefficient (Wildman–Crippen LogP) is 4.21. The second-order valence-electron chi connectivity index (χ2n) is 3.46. The van der Waals surface area contributed by atoms with Crippen molar-refractivity contribution >= 4 is 19.9 Å². The van der Waals surface area contributed by atoms with Gasteiger partial charge in [-0.15, -0.1) is 9.05 Å². The van der Waals surface area contributed by atoms with Gasteiger partial charge in [0, 0.05) is 11.7 Å². The molecule has 114 valence electrons. The number of hydrogen-bond acceptors (Lipinski definition) is 5. The molecule has 0 radical (unpaired) electrons. The van der Waals surface area contributed by atoms with Gasteiger partial charge in [-0.1, -0.05) is 17.7 Å². The van der Waals surface area contributed by atoms with Crippen molar-refractivity contribution in [3.63, 3.8) is 0 Å². The fourth-order valence-electron chi connectivity index (χ4n) is 1.21. The van der Waals surface area contributed by atoms with Gasteiger partial charge in [0.05, 0.1) is 18.7 Å². The average Bonchev–Trinajstić information content (AvgIpc) is 2.42. The monoisotopic (exact) mass is 323 g/mol. The Morgan fingerprint density at radius 2 is 1.75 bits per heavy atom. The highest BCUT2D eigenvalue weighted by Crippen LogP contribution is 2.25. The minimum absolute atomic E-state index is 0.440. The lowest BCUT2D eigenvalue weighted by atomic mass is 10.2. The third kappa shape index (κ3) is 8.46. The summed E-state index contributed by atoms with van der Waals surface area (Å²) in [6, 6.07) is 5.58. The SMILES string of the molecule is CCO[P+](=O)OCC.COCc1ccc(Cl)c(OC)c1. The summed E-state index contributed by atoms with van der Waals surface area (Å²) in [6.07, 6.45) is 0. The predicted molar refractivity (Wildman–Crippen MR) is 79.6 cm³/mol. The van der Waals surface area contributed by atoms with Crippen LogP contribution in [0.4, 0.5) is 0 Å². The maximum Gasteiger partial charge on any atom is 0.697 e. The van der Waals surface area contributed by atoms with Crippen molar-refractivity contribution < 1.29 is 23.1 Å². The van der Waals surface area contributed by atoms with E-state index in [4.69, 9.17) is 21.1 Å². The summed E-state index contributed by atoms with van der Waals surface area (Å²) in [4.78, 5) is 0. The Morgan fingerprint density at radius 3 is 2.20 bits per heavy atom. The highest BCUT2D eigenvalue weighted by atomic mass is 35.5. The van der Waals surface area contributed by atoms with Gasteiger partial charge in [-0.05, 0) is 31.5 Å². The Hall–Kier alpha value is -0.710. The molecule has 1 rings (SSSR count). The summed E-state index contributed by atoms with van der Waals surface area (Å²) in [7, 11) is 1.42. The summed E-state index contributed by atoms with van der Waals surface area (Å²) >= 11 is 5.83. The van der Waals surface area contributed by atoms with Crippen molar-refractivity contribution in [1.29, 1.82) is 0 Å². The molecular weight excluding hydrogens is 303 g/mol. The van der Waals surface area contributed by atoms with Crippen LogP contribution in [0.1, 0.15) is 19.4 Å². The van der Waals surface area contributed by atoms with Gasteiger partial charge < -0.3 is 9.47 Å². The van der Waals surface area contributed by atoms with Crippen LogP contribution in [0.3, 0.4) is 0 Å². The van der Waals surface area contributed by atoms with E-state index in [0.29, 0.717) is 30.6 Å². The molecule has 20 heavy (non-hydrogen) atoms. The molecule has 5 nitrogen and oxygen atoms in total. The minimum atomic E-state index is -1.83. The van der Waals surface area contributed by atoms with Gasteiger partial charge >= 0.3 is 8.25 Å². The van der Waals surface area contributed by atoms with Crippen LogP contribution >= 0.6 is 19.9 Å². The minimum Gasteiger partial charge on any atom is -0.495 e. The van der Waals surface area contributed by atoms with Crippen LogP contribution in [0.15, 0.2) is 18.2 Å². The maximum absolute atomic E-state index is 10.3. The van der Waals surface area contributed by atoms with E-state index in [1.165, 1.54) is 0 Å². The standard InChI is InChI=1S/C9H11ClO2.C4H10O3P/c1-11-6-7-3-4-8(10)9(5-7)12-2;1-3-6-8(5)7-4-2/h3-5H,6H2,1-2H3;3-4H2,1-2H3/q;+1. The first kappa shape index (κ1) is 19.3. The quantitative estimate of drug-likeness (QED) is 0.703. The molecule has 0 aliphatic carbocycles. The van der Waals surface area contributed by atoms with Crippen LogP contribution in [0, 0.1) is 0 Å². The molecule has 0 saturated heterocycles. The first-order valence-corrected chi connectivity index (χ1v) is 7.60. The Morgan fingerprint density at radius 1 is 1.15 bits per heavy atom. The van der Waals surface area contributed by atoms with E-state index in [2.05, 4.69) is 9.05 Å². The van der Waals surface area contributed by atoms with E-state index < -0.39 is 8.25 Å². The number of hydrogen-bond donors (Lipinski definition) is 0. The molecule has 7 heteroatoms. The van der Waals surface area contributed by atoms with Gasteiger partial charge in [0.1, 0.15) is 19.0 Å². The fourth-order valence-corrected chi connectivity index (χ4v) is 1.90. The zero-order valence-electron chi connectivity index (χ0n) is 12.2. The zero-order chi connectivity index (χ0) is 15.4. The lowest BCUT2D eigenvalue weighted by molar-refractivity contribution is 0.184. The van der Waals surface area contributed by atoms with Gasteiger partial charge in [-0.2, -0.15) is 0 Å². The van der Waals surface area contributed by atoms with Crippen molar-refractivity contribution in [1.82, 2.24) is 0 Å². The van der Waals surface area contributed by atoms with E-state index in [-0.39, 0.29) is 0 Å². The first-order chi connectivity index (χ1) is 9.58. The topological polar surface area (TPSA) is 54.0 Å². The molecule has 0 N–H and O–H groups in total. The molecule has 1 aromatic rings. The Balaban J connectivity index is 0.000000396. The molecule has 0 aliphatic rings. The summed E-state index contributed by atoms with van der Waals surface area (Å²) in [5.41, 5.74) is 1.05. The largest absolute Gasteiger partial charge is 0.697 e. The first-order valence-electron chi connectivity index (χ1n) is 6.13. The lowest BCUT2D eigenvalue weighted by Gasteiger charge is -2.05. The highest BCUT2D eigenvalue weighted by Gasteiger charge is 2.15. The van der Waals surface area contributed by atoms with Crippen LogP contribution in [0.2, 0.25) is 5.02 Å². The van der Waals surface area contributed by atoms with Crippen molar-refractivity contribution in [2.75, 3.05) is 27.4 Å². The molecule has 0 unspecified atom stereocenters. The van der Waals surface area contributed by atoms with E-state index in [1.807, 2.05) is 12.1 Å². The van der Waals surface area contributed by atoms with Gasteiger partial charge in [0.2, 0.25) is 0 Å². The molecule has 0 aliphatic heterocycles. The van der Waals surface area contributed by atoms with E-state index in [9.17, 15) is 4.57 Å². The Bertz CT molecular complexity index is 392. The molecule has 0 spiro atoms. The molecule has 0 amide bonds. The number of rotatable bonds is 7. The Labute approximate surface area is 126 Å². The molecule has 0 atom stereocenters. The van der Waals surface area contributed by atoms with Gasteiger partial charge in [-0.3, -0.25) is 0 Å². The molecule has 0 bridgehead atoms. The molecule has 0 aromatic heterocycles. The van der Waals surface area contributed by atoms with Crippen molar-refractivity contribution in [3.05, 3.63) is 28.8 Å². The fraction of sp³-hybridized carbons (Fsp3) is 0.538. The van der Waals surface area contributed by atoms with Gasteiger partial charge in [-0.25, -0.2) is 0 Å². The van der Waals surface area contributed by atoms with E-state index in [1.54, 1.807) is 34.1 Å². The number of methoxy groups -OCH3 is 2. The number of benzene rings is 1. The van der Waals surface area contributed by atoms with Gasteiger partial charge in [0.15, 0.2) is 0 Å². The van der Waals surface area contributed by atoms with Crippen molar-refractivity contribution in [2.45, 2.75) is 20.5 Å². The number of halogens is 1. The summed E-state index contributed by atoms with van der Waals surface area (Å²) in [5, 5.41) is 0.623.